The molecule has 1 N–H and O–H groups in total. The van der Waals surface area contributed by atoms with Crippen LogP contribution in [0.3, 0.4) is 0 Å². The van der Waals surface area contributed by atoms with Crippen LogP contribution >= 0.6 is 12.2 Å². The average molecular weight is 442 g/mol. The molecule has 1 aliphatic heterocycles. The van der Waals surface area contributed by atoms with Crippen molar-refractivity contribution in [3.05, 3.63) is 108 Å². The Bertz CT molecular complexity index is 1220. The molecule has 6 heteroatoms. The number of furan rings is 1. The van der Waals surface area contributed by atoms with Gasteiger partial charge in [0, 0.05) is 11.9 Å². The lowest BCUT2D eigenvalue weighted by Crippen LogP contribution is -2.29. The van der Waals surface area contributed by atoms with Gasteiger partial charge in [0.2, 0.25) is 0 Å². The molecule has 0 aliphatic carbocycles. The third-order valence-corrected chi connectivity index (χ3v) is 5.84. The third-order valence-electron chi connectivity index (χ3n) is 5.52. The minimum Gasteiger partial charge on any atom is -0.464 e. The minimum absolute atomic E-state index is 0.127. The van der Waals surface area contributed by atoms with E-state index >= 15 is 0 Å². The molecule has 4 aromatic rings. The first-order valence-electron chi connectivity index (χ1n) is 10.5. The second-order valence-corrected chi connectivity index (χ2v) is 8.24. The lowest BCUT2D eigenvalue weighted by molar-refractivity contribution is 0.418. The number of pyridine rings is 1. The van der Waals surface area contributed by atoms with Crippen molar-refractivity contribution in [3.8, 4) is 11.5 Å². The predicted molar refractivity (Wildman–Crippen MR) is 129 cm³/mol. The molecule has 1 aliphatic rings. The molecule has 2 aromatic heterocycles. The Hall–Kier alpha value is -3.64. The predicted octanol–water partition coefficient (Wildman–Crippen LogP) is 6.26. The van der Waals surface area contributed by atoms with E-state index in [0.29, 0.717) is 5.11 Å². The molecule has 2 aromatic carbocycles. The van der Waals surface area contributed by atoms with Crippen LogP contribution in [0.2, 0.25) is 0 Å². The number of ether oxygens (including phenoxy) is 1. The smallest absolute Gasteiger partial charge is 0.174 e. The normalized spacial score (nSPS) is 17.9. The average Bonchev–Trinajstić information content (AvgIpc) is 3.39. The highest BCUT2D eigenvalue weighted by Crippen LogP contribution is 2.42. The van der Waals surface area contributed by atoms with E-state index in [2.05, 4.69) is 22.1 Å². The van der Waals surface area contributed by atoms with Gasteiger partial charge >= 0.3 is 0 Å². The Morgan fingerprint density at radius 2 is 1.62 bits per heavy atom. The fourth-order valence-corrected chi connectivity index (χ4v) is 4.30. The maximum Gasteiger partial charge on any atom is 0.174 e. The largest absolute Gasteiger partial charge is 0.464 e. The number of rotatable bonds is 5. The Kier molecular flexibility index (Phi) is 5.37. The van der Waals surface area contributed by atoms with Crippen LogP contribution < -0.4 is 15.0 Å². The second-order valence-electron chi connectivity index (χ2n) is 7.85. The Morgan fingerprint density at radius 1 is 0.906 bits per heavy atom. The van der Waals surface area contributed by atoms with E-state index in [1.807, 2.05) is 85.8 Å². The van der Waals surface area contributed by atoms with E-state index in [0.717, 1.165) is 34.4 Å². The summed E-state index contributed by atoms with van der Waals surface area (Å²) < 4.78 is 12.0. The van der Waals surface area contributed by atoms with Crippen LogP contribution in [0.5, 0.6) is 11.5 Å². The van der Waals surface area contributed by atoms with Gasteiger partial charge in [-0.15, -0.1) is 0 Å². The first-order chi connectivity index (χ1) is 15.6. The lowest BCUT2D eigenvalue weighted by atomic mass is 10.0. The topological polar surface area (TPSA) is 50.5 Å². The zero-order valence-electron chi connectivity index (χ0n) is 17.9. The second kappa shape index (κ2) is 8.48. The van der Waals surface area contributed by atoms with Crippen molar-refractivity contribution in [2.75, 3.05) is 4.90 Å². The van der Waals surface area contributed by atoms with Gasteiger partial charge in [0.1, 0.15) is 29.1 Å². The van der Waals surface area contributed by atoms with Gasteiger partial charge in [-0.3, -0.25) is 4.98 Å². The zero-order chi connectivity index (χ0) is 22.1. The molecule has 0 unspecified atom stereocenters. The van der Waals surface area contributed by atoms with Crippen molar-refractivity contribution >= 4 is 23.0 Å². The molecule has 0 saturated carbocycles. The van der Waals surface area contributed by atoms with Crippen LogP contribution in [0.25, 0.3) is 0 Å². The number of benzene rings is 2. The molecule has 0 radical (unpaired) electrons. The number of hydrogen-bond donors (Lipinski definition) is 1. The maximum absolute atomic E-state index is 6.04. The van der Waals surface area contributed by atoms with Crippen LogP contribution in [0.15, 0.2) is 89.5 Å². The van der Waals surface area contributed by atoms with Gasteiger partial charge in [0.05, 0.1) is 11.7 Å². The van der Waals surface area contributed by atoms with Gasteiger partial charge < -0.3 is 19.4 Å². The van der Waals surface area contributed by atoms with Gasteiger partial charge in [-0.2, -0.15) is 0 Å². The maximum atomic E-state index is 6.04. The van der Waals surface area contributed by atoms with Crippen LogP contribution in [-0.2, 0) is 0 Å². The molecule has 32 heavy (non-hydrogen) atoms. The summed E-state index contributed by atoms with van der Waals surface area (Å²) in [5.41, 5.74) is 3.07. The Morgan fingerprint density at radius 3 is 2.25 bits per heavy atom. The van der Waals surface area contributed by atoms with Crippen LogP contribution in [-0.4, -0.2) is 10.1 Å². The summed E-state index contributed by atoms with van der Waals surface area (Å²) in [5, 5.41) is 4.07. The van der Waals surface area contributed by atoms with Gasteiger partial charge in [0.15, 0.2) is 5.11 Å². The molecule has 1 saturated heterocycles. The summed E-state index contributed by atoms with van der Waals surface area (Å²) in [7, 11) is 0. The molecule has 160 valence electrons. The number of thiocarbonyl (C=S) groups is 1. The van der Waals surface area contributed by atoms with Gasteiger partial charge in [0.25, 0.3) is 0 Å². The molecular formula is C26H23N3O2S. The van der Waals surface area contributed by atoms with E-state index in [4.69, 9.17) is 21.4 Å². The van der Waals surface area contributed by atoms with Crippen molar-refractivity contribution in [1.29, 1.82) is 0 Å². The number of anilines is 1. The van der Waals surface area contributed by atoms with Crippen molar-refractivity contribution in [2.45, 2.75) is 25.9 Å². The van der Waals surface area contributed by atoms with Crippen LogP contribution in [0.1, 0.15) is 34.9 Å². The van der Waals surface area contributed by atoms with E-state index in [1.54, 1.807) is 6.20 Å². The number of hydrogen-bond acceptors (Lipinski definition) is 4. The number of nitrogens with zero attached hydrogens (tertiary/aromatic N) is 2. The monoisotopic (exact) mass is 441 g/mol. The van der Waals surface area contributed by atoms with E-state index in [9.17, 15) is 0 Å². The first kappa shape index (κ1) is 20.3. The highest BCUT2D eigenvalue weighted by Gasteiger charge is 2.42. The van der Waals surface area contributed by atoms with Gasteiger partial charge in [-0.25, -0.2) is 0 Å². The molecule has 5 nitrogen and oxygen atoms in total. The van der Waals surface area contributed by atoms with Crippen molar-refractivity contribution in [3.63, 3.8) is 0 Å². The first-order valence-corrected chi connectivity index (χ1v) is 10.9. The zero-order valence-corrected chi connectivity index (χ0v) is 18.7. The van der Waals surface area contributed by atoms with Crippen molar-refractivity contribution in [1.82, 2.24) is 10.3 Å². The van der Waals surface area contributed by atoms with Crippen LogP contribution in [0, 0.1) is 13.8 Å². The summed E-state index contributed by atoms with van der Waals surface area (Å²) in [6.07, 6.45) is 1.80. The minimum atomic E-state index is -0.157. The molecule has 0 spiro atoms. The van der Waals surface area contributed by atoms with Crippen LogP contribution in [0.4, 0.5) is 5.69 Å². The summed E-state index contributed by atoms with van der Waals surface area (Å²) in [4.78, 5) is 6.65. The SMILES string of the molecule is Cc1ccc(Oc2ccc(N3C(=S)N[C@@H](c4ccccn4)[C@@H]3c3ccc(C)o3)cc2)cc1. The Balaban J connectivity index is 1.46. The molecule has 0 amide bonds. The standard InChI is InChI=1S/C26H23N3O2S/c1-17-6-11-20(12-7-17)31-21-13-9-19(10-14-21)29-25(23-15-8-18(2)30-23)24(28-26(29)32)22-5-3-4-16-27-22/h3-16,24-25H,1-2H3,(H,28,32)/t24-,25-/m0/s1. The molecule has 2 atom stereocenters. The quantitative estimate of drug-likeness (QED) is 0.369. The lowest BCUT2D eigenvalue weighted by Gasteiger charge is -2.26. The number of aryl methyl sites for hydroxylation is 2. The van der Waals surface area contributed by atoms with E-state index in [-0.39, 0.29) is 12.1 Å². The fraction of sp³-hybridized carbons (Fsp3) is 0.154. The molecule has 5 rings (SSSR count). The highest BCUT2D eigenvalue weighted by molar-refractivity contribution is 7.80. The highest BCUT2D eigenvalue weighted by atomic mass is 32.1. The molecular weight excluding hydrogens is 418 g/mol. The third kappa shape index (κ3) is 3.97. The summed E-state index contributed by atoms with van der Waals surface area (Å²) in [5.74, 6) is 3.27. The summed E-state index contributed by atoms with van der Waals surface area (Å²) in [6, 6.07) is 25.5. The summed E-state index contributed by atoms with van der Waals surface area (Å²) >= 11 is 5.75. The van der Waals surface area contributed by atoms with Gasteiger partial charge in [-0.05, 0) is 86.7 Å². The van der Waals surface area contributed by atoms with E-state index in [1.165, 1.54) is 5.56 Å². The van der Waals surface area contributed by atoms with Crippen molar-refractivity contribution < 1.29 is 9.15 Å². The fourth-order valence-electron chi connectivity index (χ4n) is 3.95. The molecule has 1 fully saturated rings. The number of nitrogens with one attached hydrogen (secondary N) is 1. The summed E-state index contributed by atoms with van der Waals surface area (Å²) in [6.45, 7) is 4.00. The van der Waals surface area contributed by atoms with Crippen molar-refractivity contribution in [2.24, 2.45) is 0 Å². The Labute approximate surface area is 192 Å². The van der Waals surface area contributed by atoms with E-state index < -0.39 is 0 Å². The molecule has 0 bridgehead atoms. The molecule has 3 heterocycles. The van der Waals surface area contributed by atoms with Gasteiger partial charge in [-0.1, -0.05) is 23.8 Å². The number of aromatic nitrogens is 1.